The first kappa shape index (κ1) is 22.5. The van der Waals surface area contributed by atoms with Crippen molar-refractivity contribution < 1.29 is 38.9 Å². The number of aliphatic hydroxyl groups excluding tert-OH is 3. The number of nitrogens with zero attached hydrogens (tertiary/aromatic N) is 4. The van der Waals surface area contributed by atoms with Crippen LogP contribution in [0.15, 0.2) is 12.7 Å². The molecule has 158 valence electrons. The lowest BCUT2D eigenvalue weighted by Crippen LogP contribution is -2.33. The van der Waals surface area contributed by atoms with Crippen molar-refractivity contribution in [2.45, 2.75) is 37.6 Å². The molecule has 15 heteroatoms. The molecule has 1 aliphatic rings. The molecule has 0 bridgehead atoms. The van der Waals surface area contributed by atoms with Crippen molar-refractivity contribution in [1.29, 1.82) is 0 Å². The van der Waals surface area contributed by atoms with E-state index in [2.05, 4.69) is 19.5 Å². The van der Waals surface area contributed by atoms with E-state index in [1.807, 2.05) is 0 Å². The molecule has 0 saturated carbocycles. The van der Waals surface area contributed by atoms with Crippen molar-refractivity contribution in [1.82, 2.24) is 19.5 Å². The van der Waals surface area contributed by atoms with Gasteiger partial charge in [-0.1, -0.05) is 0 Å². The topological polar surface area (TPSA) is 232 Å². The standard InChI is InChI=1S/C10H14N5O7P.C3H9NO/c11-8-5-9(13-2-12-8)15(3-14-5)10-7(17)6(16)4(22-10)1-21-23(18,19)20;1-3(5)2-4/h2-4,6-7,10,16-17H,1H2,(H2,11,12,13)(H2,18,19,20);3,5H,2,4H2,1H3/t4-,6-,7-,10-;/m1./s1. The van der Waals surface area contributed by atoms with Gasteiger partial charge in [0, 0.05) is 6.54 Å². The van der Waals surface area contributed by atoms with Gasteiger partial charge in [0.2, 0.25) is 0 Å². The fourth-order valence-corrected chi connectivity index (χ4v) is 2.66. The van der Waals surface area contributed by atoms with Crippen LogP contribution in [0, 0.1) is 0 Å². The first-order valence-corrected chi connectivity index (χ1v) is 9.61. The van der Waals surface area contributed by atoms with Crippen molar-refractivity contribution in [3.05, 3.63) is 12.7 Å². The van der Waals surface area contributed by atoms with Gasteiger partial charge >= 0.3 is 7.82 Å². The molecular formula is C13H23N6O8P. The summed E-state index contributed by atoms with van der Waals surface area (Å²) >= 11 is 0. The second-order valence-corrected chi connectivity index (χ2v) is 7.24. The molecule has 5 atom stereocenters. The SMILES string of the molecule is CC(O)CN.Nc1ncnc2c1ncn2[C@@H]1O[C@H](COP(=O)(O)O)[C@@H](O)[C@H]1O. The molecular weight excluding hydrogens is 399 g/mol. The quantitative estimate of drug-likeness (QED) is 0.246. The predicted molar refractivity (Wildman–Crippen MR) is 94.4 cm³/mol. The van der Waals surface area contributed by atoms with Crippen LogP contribution in [-0.4, -0.2) is 82.2 Å². The van der Waals surface area contributed by atoms with Gasteiger partial charge in [0.15, 0.2) is 17.7 Å². The molecule has 1 aliphatic heterocycles. The molecule has 0 radical (unpaired) electrons. The third kappa shape index (κ3) is 5.41. The van der Waals surface area contributed by atoms with Crippen molar-refractivity contribution in [2.75, 3.05) is 18.9 Å². The van der Waals surface area contributed by atoms with E-state index in [4.69, 9.17) is 31.1 Å². The normalized spacial score (nSPS) is 26.1. The molecule has 2 aromatic heterocycles. The fraction of sp³-hybridized carbons (Fsp3) is 0.615. The molecule has 0 aromatic carbocycles. The molecule has 0 aliphatic carbocycles. The molecule has 1 unspecified atom stereocenters. The number of phosphoric acid groups is 1. The van der Waals surface area contributed by atoms with Gasteiger partial charge in [-0.25, -0.2) is 19.5 Å². The largest absolute Gasteiger partial charge is 0.469 e. The van der Waals surface area contributed by atoms with Crippen LogP contribution in [-0.2, 0) is 13.8 Å². The Morgan fingerprint density at radius 1 is 1.32 bits per heavy atom. The first-order chi connectivity index (χ1) is 13.0. The number of aliphatic hydroxyl groups is 3. The summed E-state index contributed by atoms with van der Waals surface area (Å²) in [6.45, 7) is 1.42. The third-order valence-corrected chi connectivity index (χ3v) is 4.23. The van der Waals surface area contributed by atoms with Crippen LogP contribution in [0.3, 0.4) is 0 Å². The van der Waals surface area contributed by atoms with E-state index in [0.29, 0.717) is 12.1 Å². The lowest BCUT2D eigenvalue weighted by molar-refractivity contribution is -0.0504. The Kier molecular flexibility index (Phi) is 7.39. The first-order valence-electron chi connectivity index (χ1n) is 8.08. The molecule has 1 saturated heterocycles. The number of hydrogen-bond donors (Lipinski definition) is 7. The summed E-state index contributed by atoms with van der Waals surface area (Å²) in [7, 11) is -4.72. The number of phosphoric ester groups is 1. The predicted octanol–water partition coefficient (Wildman–Crippen LogP) is -2.54. The van der Waals surface area contributed by atoms with Crippen LogP contribution >= 0.6 is 7.82 Å². The fourth-order valence-electron chi connectivity index (χ4n) is 2.32. The second-order valence-electron chi connectivity index (χ2n) is 6.00. The molecule has 28 heavy (non-hydrogen) atoms. The van der Waals surface area contributed by atoms with Gasteiger partial charge in [-0.15, -0.1) is 0 Å². The highest BCUT2D eigenvalue weighted by Crippen LogP contribution is 2.38. The number of ether oxygens (including phenoxy) is 1. The minimum absolute atomic E-state index is 0.142. The number of nitrogen functional groups attached to an aromatic ring is 1. The Bertz CT molecular complexity index is 828. The van der Waals surface area contributed by atoms with Crippen LogP contribution in [0.5, 0.6) is 0 Å². The Morgan fingerprint density at radius 2 is 1.96 bits per heavy atom. The van der Waals surface area contributed by atoms with E-state index in [0.717, 1.165) is 0 Å². The summed E-state index contributed by atoms with van der Waals surface area (Å²) in [6, 6.07) is 0. The van der Waals surface area contributed by atoms with Crippen molar-refractivity contribution >= 4 is 24.8 Å². The van der Waals surface area contributed by atoms with Crippen LogP contribution in [0.25, 0.3) is 11.2 Å². The number of fused-ring (bicyclic) bond motifs is 1. The highest BCUT2D eigenvalue weighted by Gasteiger charge is 2.45. The van der Waals surface area contributed by atoms with Crippen molar-refractivity contribution in [2.24, 2.45) is 5.73 Å². The van der Waals surface area contributed by atoms with Crippen LogP contribution in [0.2, 0.25) is 0 Å². The number of aromatic nitrogens is 4. The second kappa shape index (κ2) is 9.17. The Labute approximate surface area is 159 Å². The van der Waals surface area contributed by atoms with Gasteiger partial charge in [0.25, 0.3) is 0 Å². The molecule has 0 spiro atoms. The van der Waals surface area contributed by atoms with Crippen LogP contribution in [0.1, 0.15) is 13.2 Å². The van der Waals surface area contributed by atoms with Crippen LogP contribution < -0.4 is 11.5 Å². The maximum atomic E-state index is 10.7. The van der Waals surface area contributed by atoms with E-state index >= 15 is 0 Å². The molecule has 9 N–H and O–H groups in total. The summed E-state index contributed by atoms with van der Waals surface area (Å²) in [5.74, 6) is 0.142. The number of nitrogens with two attached hydrogens (primary N) is 2. The summed E-state index contributed by atoms with van der Waals surface area (Å²) in [6.07, 6.45) is -2.83. The molecule has 3 heterocycles. The lowest BCUT2D eigenvalue weighted by atomic mass is 10.1. The van der Waals surface area contributed by atoms with E-state index < -0.39 is 39.0 Å². The zero-order valence-corrected chi connectivity index (χ0v) is 15.7. The number of imidazole rings is 1. The maximum Gasteiger partial charge on any atom is 0.469 e. The third-order valence-electron chi connectivity index (χ3n) is 3.75. The summed E-state index contributed by atoms with van der Waals surface area (Å²) in [4.78, 5) is 29.2. The summed E-state index contributed by atoms with van der Waals surface area (Å²) in [5.41, 5.74) is 11.2. The van der Waals surface area contributed by atoms with E-state index in [1.54, 1.807) is 6.92 Å². The summed E-state index contributed by atoms with van der Waals surface area (Å²) in [5, 5.41) is 28.3. The Balaban J connectivity index is 0.000000500. The monoisotopic (exact) mass is 422 g/mol. The summed E-state index contributed by atoms with van der Waals surface area (Å²) < 4.78 is 21.8. The van der Waals surface area contributed by atoms with Gasteiger partial charge in [-0.05, 0) is 6.92 Å². The Hall–Kier alpha value is -1.74. The average Bonchev–Trinajstić information content (AvgIpc) is 3.16. The van der Waals surface area contributed by atoms with Gasteiger partial charge in [-0.2, -0.15) is 0 Å². The molecule has 2 aromatic rings. The van der Waals surface area contributed by atoms with E-state index in [9.17, 15) is 14.8 Å². The zero-order chi connectivity index (χ0) is 21.1. The van der Waals surface area contributed by atoms with Crippen molar-refractivity contribution in [3.8, 4) is 0 Å². The number of hydrogen-bond acceptors (Lipinski definition) is 11. The van der Waals surface area contributed by atoms with Crippen molar-refractivity contribution in [3.63, 3.8) is 0 Å². The molecule has 1 fully saturated rings. The molecule has 0 amide bonds. The smallest absolute Gasteiger partial charge is 0.392 e. The number of rotatable bonds is 5. The van der Waals surface area contributed by atoms with Gasteiger partial charge < -0.3 is 41.3 Å². The van der Waals surface area contributed by atoms with Gasteiger partial charge in [-0.3, -0.25) is 9.09 Å². The minimum atomic E-state index is -4.72. The Morgan fingerprint density at radius 3 is 2.54 bits per heavy atom. The maximum absolute atomic E-state index is 10.7. The molecule has 3 rings (SSSR count). The van der Waals surface area contributed by atoms with Gasteiger partial charge in [0.05, 0.1) is 19.0 Å². The molecule has 14 nitrogen and oxygen atoms in total. The highest BCUT2D eigenvalue weighted by molar-refractivity contribution is 7.46. The minimum Gasteiger partial charge on any atom is -0.392 e. The van der Waals surface area contributed by atoms with Crippen LogP contribution in [0.4, 0.5) is 5.82 Å². The lowest BCUT2D eigenvalue weighted by Gasteiger charge is -2.16. The zero-order valence-electron chi connectivity index (χ0n) is 14.8. The average molecular weight is 422 g/mol. The van der Waals surface area contributed by atoms with E-state index in [1.165, 1.54) is 17.2 Å². The highest BCUT2D eigenvalue weighted by atomic mass is 31.2. The van der Waals surface area contributed by atoms with Gasteiger partial charge in [0.1, 0.15) is 30.2 Å². The van der Waals surface area contributed by atoms with E-state index in [-0.39, 0.29) is 17.6 Å². The number of anilines is 1.